The number of hydrogen-bond donors (Lipinski definition) is 3. The number of aromatic amines is 2. The van der Waals surface area contributed by atoms with Crippen molar-refractivity contribution in [3.05, 3.63) is 39.3 Å². The van der Waals surface area contributed by atoms with Crippen LogP contribution in [-0.2, 0) is 6.54 Å². The highest BCUT2D eigenvalue weighted by molar-refractivity contribution is 9.11. The third-order valence-electron chi connectivity index (χ3n) is 2.69. The van der Waals surface area contributed by atoms with E-state index >= 15 is 0 Å². The summed E-state index contributed by atoms with van der Waals surface area (Å²) < 4.78 is 2.11. The summed E-state index contributed by atoms with van der Waals surface area (Å²) in [6.45, 7) is 2.32. The van der Waals surface area contributed by atoms with Crippen molar-refractivity contribution in [1.29, 1.82) is 0 Å². The van der Waals surface area contributed by atoms with Crippen molar-refractivity contribution in [3.63, 3.8) is 0 Å². The predicted molar refractivity (Wildman–Crippen MR) is 78.4 cm³/mol. The molecule has 0 aliphatic heterocycles. The molecule has 0 unspecified atom stereocenters. The molecule has 0 saturated carbocycles. The number of rotatable bonds is 3. The van der Waals surface area contributed by atoms with Gasteiger partial charge in [0.25, 0.3) is 5.91 Å². The summed E-state index contributed by atoms with van der Waals surface area (Å²) in [5.74, 6) is 0.621. The number of carbonyl (C=O) groups is 1. The van der Waals surface area contributed by atoms with E-state index in [1.165, 1.54) is 0 Å². The van der Waals surface area contributed by atoms with E-state index in [-0.39, 0.29) is 5.91 Å². The topological polar surface area (TPSA) is 73.6 Å². The van der Waals surface area contributed by atoms with Crippen molar-refractivity contribution in [2.45, 2.75) is 13.5 Å². The summed E-state index contributed by atoms with van der Waals surface area (Å²) in [6, 6.07) is 3.82. The number of aromatic nitrogens is 3. The SMILES string of the molecule is Cc1cnc(CNC(=O)c2cc3sc(Br)cc3[nH]2)[nH]1. The van der Waals surface area contributed by atoms with Crippen LogP contribution in [0.4, 0.5) is 0 Å². The Balaban J connectivity index is 1.71. The zero-order valence-electron chi connectivity index (χ0n) is 10.1. The number of nitrogens with one attached hydrogen (secondary N) is 3. The minimum absolute atomic E-state index is 0.131. The molecule has 0 aromatic carbocycles. The maximum Gasteiger partial charge on any atom is 0.268 e. The van der Waals surface area contributed by atoms with E-state index in [2.05, 4.69) is 36.2 Å². The number of amides is 1. The third kappa shape index (κ3) is 2.57. The molecule has 98 valence electrons. The highest BCUT2D eigenvalue weighted by atomic mass is 79.9. The van der Waals surface area contributed by atoms with Gasteiger partial charge in [0.2, 0.25) is 0 Å². The summed E-state index contributed by atoms with van der Waals surface area (Å²) in [7, 11) is 0. The molecule has 3 N–H and O–H groups in total. The smallest absolute Gasteiger partial charge is 0.268 e. The zero-order valence-corrected chi connectivity index (χ0v) is 12.5. The number of thiophene rings is 1. The van der Waals surface area contributed by atoms with Gasteiger partial charge < -0.3 is 15.3 Å². The van der Waals surface area contributed by atoms with Gasteiger partial charge in [0, 0.05) is 11.9 Å². The second-order valence-corrected chi connectivity index (χ2v) is 6.67. The number of imidazole rings is 1. The molecule has 1 amide bonds. The van der Waals surface area contributed by atoms with E-state index in [0.29, 0.717) is 12.2 Å². The van der Waals surface area contributed by atoms with Gasteiger partial charge >= 0.3 is 0 Å². The average Bonchev–Trinajstić information content (AvgIpc) is 3.00. The number of hydrogen-bond acceptors (Lipinski definition) is 3. The van der Waals surface area contributed by atoms with E-state index in [1.807, 2.05) is 19.1 Å². The maximum atomic E-state index is 12.0. The van der Waals surface area contributed by atoms with Crippen LogP contribution in [0.1, 0.15) is 22.0 Å². The number of H-pyrrole nitrogens is 2. The molecule has 0 bridgehead atoms. The first-order valence-corrected chi connectivity index (χ1v) is 7.29. The molecule has 0 aliphatic carbocycles. The Morgan fingerprint density at radius 3 is 3.00 bits per heavy atom. The van der Waals surface area contributed by atoms with Gasteiger partial charge in [-0.15, -0.1) is 11.3 Å². The van der Waals surface area contributed by atoms with E-state index in [0.717, 1.165) is 25.5 Å². The molecule has 19 heavy (non-hydrogen) atoms. The molecule has 0 saturated heterocycles. The van der Waals surface area contributed by atoms with E-state index in [9.17, 15) is 4.79 Å². The lowest BCUT2D eigenvalue weighted by Gasteiger charge is -2.00. The fourth-order valence-electron chi connectivity index (χ4n) is 1.83. The zero-order chi connectivity index (χ0) is 13.4. The fraction of sp³-hybridized carbons (Fsp3) is 0.167. The summed E-state index contributed by atoms with van der Waals surface area (Å²) >= 11 is 5.01. The summed E-state index contributed by atoms with van der Waals surface area (Å²) in [5, 5.41) is 2.82. The number of aryl methyl sites for hydroxylation is 1. The Kier molecular flexibility index (Phi) is 3.16. The van der Waals surface area contributed by atoms with Gasteiger partial charge in [0.15, 0.2) is 0 Å². The van der Waals surface area contributed by atoms with Crippen molar-refractivity contribution < 1.29 is 4.79 Å². The number of fused-ring (bicyclic) bond motifs is 1. The van der Waals surface area contributed by atoms with Crippen LogP contribution in [0.25, 0.3) is 10.2 Å². The van der Waals surface area contributed by atoms with Crippen molar-refractivity contribution in [2.75, 3.05) is 0 Å². The van der Waals surface area contributed by atoms with E-state index < -0.39 is 0 Å². The van der Waals surface area contributed by atoms with Crippen LogP contribution in [0.3, 0.4) is 0 Å². The molecule has 0 fully saturated rings. The molecular weight excluding hydrogens is 328 g/mol. The van der Waals surface area contributed by atoms with Gasteiger partial charge in [-0.2, -0.15) is 0 Å². The fourth-order valence-corrected chi connectivity index (χ4v) is 3.37. The van der Waals surface area contributed by atoms with Crippen LogP contribution in [-0.4, -0.2) is 20.9 Å². The van der Waals surface area contributed by atoms with E-state index in [1.54, 1.807) is 17.5 Å². The van der Waals surface area contributed by atoms with Gasteiger partial charge in [-0.3, -0.25) is 4.79 Å². The summed E-state index contributed by atoms with van der Waals surface area (Å²) in [4.78, 5) is 22.3. The monoisotopic (exact) mass is 338 g/mol. The number of nitrogens with zero attached hydrogens (tertiary/aromatic N) is 1. The minimum atomic E-state index is -0.131. The largest absolute Gasteiger partial charge is 0.350 e. The van der Waals surface area contributed by atoms with Gasteiger partial charge in [-0.25, -0.2) is 4.98 Å². The second-order valence-electron chi connectivity index (χ2n) is 4.21. The van der Waals surface area contributed by atoms with Crippen LogP contribution >= 0.6 is 27.3 Å². The standard InChI is InChI=1S/C12H11BrN4OS/c1-6-4-14-11(16-6)5-15-12(18)8-2-9-7(17-8)3-10(13)19-9/h2-4,17H,5H2,1H3,(H,14,16)(H,15,18). The summed E-state index contributed by atoms with van der Waals surface area (Å²) in [5.41, 5.74) is 2.52. The first-order chi connectivity index (χ1) is 9.11. The lowest BCUT2D eigenvalue weighted by atomic mass is 10.4. The molecule has 3 aromatic heterocycles. The van der Waals surface area contributed by atoms with Crippen LogP contribution in [0, 0.1) is 6.92 Å². The molecular formula is C12H11BrN4OS. The average molecular weight is 339 g/mol. The van der Waals surface area contributed by atoms with Crippen LogP contribution in [0.5, 0.6) is 0 Å². The highest BCUT2D eigenvalue weighted by Crippen LogP contribution is 2.29. The molecule has 0 radical (unpaired) electrons. The first kappa shape index (κ1) is 12.4. The Labute approximate surface area is 121 Å². The lowest BCUT2D eigenvalue weighted by molar-refractivity contribution is 0.0946. The van der Waals surface area contributed by atoms with Gasteiger partial charge in [-0.05, 0) is 35.0 Å². The van der Waals surface area contributed by atoms with Gasteiger partial charge in [-0.1, -0.05) is 0 Å². The van der Waals surface area contributed by atoms with Crippen molar-refractivity contribution in [3.8, 4) is 0 Å². The molecule has 0 spiro atoms. The van der Waals surface area contributed by atoms with Crippen LogP contribution < -0.4 is 5.32 Å². The number of carbonyl (C=O) groups excluding carboxylic acids is 1. The molecule has 0 aliphatic rings. The molecule has 3 rings (SSSR count). The van der Waals surface area contributed by atoms with Crippen molar-refractivity contribution in [1.82, 2.24) is 20.3 Å². The Morgan fingerprint density at radius 2 is 2.32 bits per heavy atom. The van der Waals surface area contributed by atoms with Crippen molar-refractivity contribution in [2.24, 2.45) is 0 Å². The maximum absolute atomic E-state index is 12.0. The quantitative estimate of drug-likeness (QED) is 0.686. The van der Waals surface area contributed by atoms with Crippen LogP contribution in [0.15, 0.2) is 22.1 Å². The van der Waals surface area contributed by atoms with Gasteiger partial charge in [0.05, 0.1) is 20.5 Å². The molecule has 3 aromatic rings. The molecule has 0 atom stereocenters. The Hall–Kier alpha value is -1.60. The second kappa shape index (κ2) is 4.82. The molecule has 3 heterocycles. The Morgan fingerprint density at radius 1 is 1.47 bits per heavy atom. The lowest BCUT2D eigenvalue weighted by Crippen LogP contribution is -2.23. The van der Waals surface area contributed by atoms with Crippen molar-refractivity contribution >= 4 is 43.4 Å². The first-order valence-electron chi connectivity index (χ1n) is 5.68. The number of halogens is 1. The molecule has 5 nitrogen and oxygen atoms in total. The minimum Gasteiger partial charge on any atom is -0.350 e. The Bertz CT molecular complexity index is 710. The highest BCUT2D eigenvalue weighted by Gasteiger charge is 2.11. The van der Waals surface area contributed by atoms with Crippen LogP contribution in [0.2, 0.25) is 0 Å². The van der Waals surface area contributed by atoms with Gasteiger partial charge in [0.1, 0.15) is 11.5 Å². The van der Waals surface area contributed by atoms with E-state index in [4.69, 9.17) is 0 Å². The normalized spacial score (nSPS) is 11.1. The molecule has 7 heteroatoms. The summed E-state index contributed by atoms with van der Waals surface area (Å²) in [6.07, 6.45) is 1.74. The predicted octanol–water partition coefficient (Wildman–Crippen LogP) is 2.95. The third-order valence-corrected chi connectivity index (χ3v) is 4.28.